The molecule has 2 unspecified atom stereocenters. The molecule has 0 amide bonds. The maximum absolute atomic E-state index is 6.85. The van der Waals surface area contributed by atoms with Crippen LogP contribution in [0.15, 0.2) is 188 Å². The molecule has 6 rings (SSSR count). The third-order valence-electron chi connectivity index (χ3n) is 8.56. The minimum atomic E-state index is -1.98. The summed E-state index contributed by atoms with van der Waals surface area (Å²) < 4.78 is 39.9. The van der Waals surface area contributed by atoms with Crippen LogP contribution in [0.25, 0.3) is 0 Å². The second-order valence-electron chi connectivity index (χ2n) is 12.6. The summed E-state index contributed by atoms with van der Waals surface area (Å²) in [5.41, 5.74) is 3.82. The Labute approximate surface area is 334 Å². The number of allylic oxidation sites excluding steroid dienone is 4. The van der Waals surface area contributed by atoms with Gasteiger partial charge in [0.1, 0.15) is 34.5 Å². The highest BCUT2D eigenvalue weighted by Gasteiger charge is 2.30. The molecule has 0 spiro atoms. The highest BCUT2D eigenvalue weighted by molar-refractivity contribution is 7.80. The summed E-state index contributed by atoms with van der Waals surface area (Å²) in [6.45, 7) is 13.8. The van der Waals surface area contributed by atoms with E-state index in [1.54, 1.807) is 6.08 Å². The average Bonchev–Trinajstić information content (AvgIpc) is 3.21. The highest BCUT2D eigenvalue weighted by atomic mass is 31.2. The molecule has 0 aliphatic heterocycles. The predicted octanol–water partition coefficient (Wildman–Crippen LogP) is 12.9. The minimum Gasteiger partial charge on any atom is -0.409 e. The normalized spacial score (nSPS) is 12.7. The fraction of sp³-hybridized carbons (Fsp3) is 0.106. The van der Waals surface area contributed by atoms with Crippen molar-refractivity contribution in [2.75, 3.05) is 0 Å². The van der Waals surface area contributed by atoms with Gasteiger partial charge in [-0.1, -0.05) is 140 Å². The summed E-state index contributed by atoms with van der Waals surface area (Å²) in [4.78, 5) is 0. The predicted molar refractivity (Wildman–Crippen MR) is 234 cm³/mol. The van der Waals surface area contributed by atoms with Gasteiger partial charge in [0.2, 0.25) is 0 Å². The largest absolute Gasteiger partial charge is 0.530 e. The van der Waals surface area contributed by atoms with Crippen LogP contribution in [0.1, 0.15) is 30.5 Å². The maximum Gasteiger partial charge on any atom is 0.530 e. The lowest BCUT2D eigenvalue weighted by molar-refractivity contribution is 0.336. The third kappa shape index (κ3) is 10.5. The van der Waals surface area contributed by atoms with Crippen LogP contribution in [0.3, 0.4) is 0 Å². The van der Waals surface area contributed by atoms with Crippen molar-refractivity contribution in [3.63, 3.8) is 0 Å². The molecule has 0 bridgehead atoms. The van der Waals surface area contributed by atoms with Gasteiger partial charge in [0, 0.05) is 10.6 Å². The first-order valence-corrected chi connectivity index (χ1v) is 21.7. The quantitative estimate of drug-likeness (QED) is 0.0520. The van der Waals surface area contributed by atoms with Crippen molar-refractivity contribution in [1.29, 1.82) is 0 Å². The van der Waals surface area contributed by atoms with Gasteiger partial charge in [-0.15, -0.1) is 0 Å². The molecule has 0 heterocycles. The van der Waals surface area contributed by atoms with Gasteiger partial charge in [-0.05, 0) is 107 Å². The van der Waals surface area contributed by atoms with Crippen molar-refractivity contribution in [1.82, 2.24) is 0 Å². The molecule has 6 aromatic carbocycles. The summed E-state index contributed by atoms with van der Waals surface area (Å²) in [5, 5.41) is 3.02. The molecular weight excluding hydrogens is 753 g/mol. The molecule has 0 radical (unpaired) electrons. The van der Waals surface area contributed by atoms with Crippen molar-refractivity contribution in [3.05, 3.63) is 204 Å². The Bertz CT molecular complexity index is 2240. The molecule has 284 valence electrons. The molecule has 56 heavy (non-hydrogen) atoms. The second kappa shape index (κ2) is 20.0. The molecule has 0 N–H and O–H groups in total. The topological polar surface area (TPSA) is 55.4 Å². The first kappa shape index (κ1) is 40.3. The molecule has 0 saturated carbocycles. The van der Waals surface area contributed by atoms with E-state index in [1.807, 2.05) is 162 Å². The number of para-hydroxylation sites is 5. The zero-order chi connectivity index (χ0) is 39.3. The van der Waals surface area contributed by atoms with E-state index in [2.05, 4.69) is 43.0 Å². The van der Waals surface area contributed by atoms with Crippen LogP contribution in [0.4, 0.5) is 0 Å². The van der Waals surface area contributed by atoms with E-state index in [1.165, 1.54) is 0 Å². The molecule has 0 aliphatic carbocycles. The van der Waals surface area contributed by atoms with E-state index >= 15 is 0 Å². The van der Waals surface area contributed by atoms with Gasteiger partial charge < -0.3 is 27.1 Å². The Balaban J connectivity index is 1.42. The Morgan fingerprint density at radius 3 is 1.30 bits per heavy atom. The Morgan fingerprint density at radius 1 is 0.482 bits per heavy atom. The van der Waals surface area contributed by atoms with E-state index in [0.29, 0.717) is 34.5 Å². The van der Waals surface area contributed by atoms with Crippen LogP contribution >= 0.6 is 25.1 Å². The van der Waals surface area contributed by atoms with E-state index in [4.69, 9.17) is 27.1 Å². The Morgan fingerprint density at radius 2 is 0.857 bits per heavy atom. The van der Waals surface area contributed by atoms with Crippen LogP contribution in [0.5, 0.6) is 28.7 Å². The lowest BCUT2D eigenvalue weighted by atomic mass is 10.2. The SMILES string of the molecule is C=C/C=C(C)\C(=C/C)OP(Oc1ccccc1C)Oc1ccccc1P(c1ccccc1)c1ccccc1OP(Oc1ccccc1C)Oc1ccccc1C. The first-order valence-electron chi connectivity index (χ1n) is 18.2. The maximum atomic E-state index is 6.85. The third-order valence-corrected chi connectivity index (χ3v) is 13.2. The van der Waals surface area contributed by atoms with Gasteiger partial charge >= 0.3 is 17.2 Å². The van der Waals surface area contributed by atoms with Gasteiger partial charge in [-0.2, -0.15) is 0 Å². The molecule has 6 nitrogen and oxygen atoms in total. The molecule has 9 heteroatoms. The van der Waals surface area contributed by atoms with Gasteiger partial charge in [0.25, 0.3) is 0 Å². The smallest absolute Gasteiger partial charge is 0.409 e. The van der Waals surface area contributed by atoms with Crippen LogP contribution in [-0.2, 0) is 4.52 Å². The van der Waals surface area contributed by atoms with Crippen LogP contribution in [0, 0.1) is 20.8 Å². The molecule has 2 atom stereocenters. The van der Waals surface area contributed by atoms with Crippen molar-refractivity contribution < 1.29 is 27.1 Å². The number of rotatable bonds is 17. The van der Waals surface area contributed by atoms with Crippen LogP contribution in [-0.4, -0.2) is 0 Å². The first-order chi connectivity index (χ1) is 27.3. The number of aryl methyl sites for hydroxylation is 3. The lowest BCUT2D eigenvalue weighted by Gasteiger charge is -2.27. The number of hydrogen-bond acceptors (Lipinski definition) is 6. The molecule has 6 aromatic rings. The monoisotopic (exact) mass is 798 g/mol. The van der Waals surface area contributed by atoms with E-state index in [-0.39, 0.29) is 0 Å². The van der Waals surface area contributed by atoms with Crippen molar-refractivity contribution in [2.24, 2.45) is 0 Å². The summed E-state index contributed by atoms with van der Waals surface area (Å²) in [7, 11) is -5.21. The average molecular weight is 799 g/mol. The molecule has 0 saturated heterocycles. The molecular formula is C47H45O6P3. The highest BCUT2D eigenvalue weighted by Crippen LogP contribution is 2.50. The van der Waals surface area contributed by atoms with Crippen molar-refractivity contribution >= 4 is 41.0 Å². The zero-order valence-corrected chi connectivity index (χ0v) is 34.8. The van der Waals surface area contributed by atoms with Crippen molar-refractivity contribution in [3.8, 4) is 28.7 Å². The summed E-state index contributed by atoms with van der Waals surface area (Å²) in [6, 6.07) is 50.1. The zero-order valence-electron chi connectivity index (χ0n) is 32.2. The lowest BCUT2D eigenvalue weighted by Crippen LogP contribution is -2.23. The van der Waals surface area contributed by atoms with Crippen LogP contribution < -0.4 is 38.5 Å². The standard InChI is InChI=1S/C47H45O6P3/c1-7-22-35(3)40(8-2)48-55(49-41-28-15-12-23-36(41)4)52-44-31-18-20-33-46(44)54(39-26-10-9-11-27-39)47-34-21-19-32-45(47)53-56(50-42-29-16-13-24-37(42)5)51-43-30-17-14-25-38(43)6/h7-34H,1H2,2-6H3/b35-22-,40-8+. The van der Waals surface area contributed by atoms with Crippen LogP contribution in [0.2, 0.25) is 0 Å². The van der Waals surface area contributed by atoms with E-state index in [9.17, 15) is 0 Å². The van der Waals surface area contributed by atoms with Crippen molar-refractivity contribution in [2.45, 2.75) is 34.6 Å². The minimum absolute atomic E-state index is 0.632. The molecule has 0 aliphatic rings. The summed E-state index contributed by atoms with van der Waals surface area (Å²) in [5.74, 6) is 3.97. The second-order valence-corrected chi connectivity index (χ2v) is 16.8. The van der Waals surface area contributed by atoms with Gasteiger partial charge in [-0.3, -0.25) is 0 Å². The summed E-state index contributed by atoms with van der Waals surface area (Å²) in [6.07, 6.45) is 5.54. The molecule has 0 fully saturated rings. The fourth-order valence-electron chi connectivity index (χ4n) is 5.60. The van der Waals surface area contributed by atoms with E-state index in [0.717, 1.165) is 38.2 Å². The van der Waals surface area contributed by atoms with Gasteiger partial charge in [0.05, 0.1) is 0 Å². The van der Waals surface area contributed by atoms with Gasteiger partial charge in [0.15, 0.2) is 0 Å². The fourth-order valence-corrected chi connectivity index (χ4v) is 10.6. The van der Waals surface area contributed by atoms with E-state index < -0.39 is 25.1 Å². The summed E-state index contributed by atoms with van der Waals surface area (Å²) >= 11 is 0. The Hall–Kier alpha value is -5.37. The number of benzene rings is 6. The molecule has 0 aromatic heterocycles. The number of hydrogen-bond donors (Lipinski definition) is 0. The Kier molecular flexibility index (Phi) is 14.4. The van der Waals surface area contributed by atoms with Gasteiger partial charge in [-0.25, -0.2) is 0 Å².